The summed E-state index contributed by atoms with van der Waals surface area (Å²) in [5.41, 5.74) is 0.793. The molecule has 0 bridgehead atoms. The summed E-state index contributed by atoms with van der Waals surface area (Å²) < 4.78 is 5.43. The van der Waals surface area contributed by atoms with Gasteiger partial charge < -0.3 is 9.84 Å². The summed E-state index contributed by atoms with van der Waals surface area (Å²) in [6, 6.07) is 5.27. The van der Waals surface area contributed by atoms with E-state index in [0.29, 0.717) is 10.8 Å². The molecule has 0 aliphatic heterocycles. The van der Waals surface area contributed by atoms with E-state index in [1.807, 2.05) is 13.8 Å². The maximum Gasteiger partial charge on any atom is 0.138 e. The number of ether oxygens (including phenoxy) is 1. The van der Waals surface area contributed by atoms with Crippen LogP contribution in [-0.4, -0.2) is 11.2 Å². The maximum atomic E-state index is 8.84. The van der Waals surface area contributed by atoms with Crippen LogP contribution in [-0.2, 0) is 6.61 Å². The lowest BCUT2D eigenvalue weighted by molar-refractivity contribution is 0.242. The number of halogens is 1. The van der Waals surface area contributed by atoms with Gasteiger partial charge in [-0.25, -0.2) is 0 Å². The van der Waals surface area contributed by atoms with Gasteiger partial charge in [-0.05, 0) is 31.5 Å². The highest BCUT2D eigenvalue weighted by atomic mass is 35.5. The zero-order valence-electron chi connectivity index (χ0n) is 7.75. The molecule has 0 unspecified atom stereocenters. The highest BCUT2D eigenvalue weighted by molar-refractivity contribution is 6.32. The Morgan fingerprint density at radius 3 is 2.50 bits per heavy atom. The molecule has 1 aromatic rings. The van der Waals surface area contributed by atoms with E-state index in [1.54, 1.807) is 18.2 Å². The molecule has 0 saturated heterocycles. The molecule has 14 heavy (non-hydrogen) atoms. The molecule has 3 heteroatoms. The van der Waals surface area contributed by atoms with Crippen molar-refractivity contribution in [3.8, 4) is 5.75 Å². The van der Waals surface area contributed by atoms with Crippen molar-refractivity contribution >= 4 is 11.6 Å². The van der Waals surface area contributed by atoms with Gasteiger partial charge in [0.2, 0.25) is 0 Å². The first kappa shape index (κ1) is 13.3. The minimum atomic E-state index is 0. The highest BCUT2D eigenvalue weighted by Crippen LogP contribution is 2.26. The number of rotatable bonds is 3. The van der Waals surface area contributed by atoms with Gasteiger partial charge in [0.1, 0.15) is 5.75 Å². The summed E-state index contributed by atoms with van der Waals surface area (Å²) in [6.07, 6.45) is 0.109. The first-order chi connectivity index (χ1) is 6.13. The van der Waals surface area contributed by atoms with Crippen LogP contribution >= 0.6 is 11.6 Å². The molecule has 0 amide bonds. The number of hydrogen-bond acceptors (Lipinski definition) is 2. The molecule has 0 aromatic heterocycles. The third-order valence-electron chi connectivity index (χ3n) is 1.54. The SMILES string of the molecule is C.CC(C)Oc1ccc(CO)cc1Cl. The molecule has 0 spiro atoms. The Kier molecular flexibility index (Phi) is 5.58. The standard InChI is InChI=1S/C10H13ClO2.CH4/c1-7(2)13-10-4-3-8(6-12)5-9(10)11;/h3-5,7,12H,6H2,1-2H3;1H4. The molecule has 0 fully saturated rings. The number of aliphatic hydroxyl groups excluding tert-OH is 1. The van der Waals surface area contributed by atoms with Crippen LogP contribution in [0.4, 0.5) is 0 Å². The summed E-state index contributed by atoms with van der Waals surface area (Å²) >= 11 is 5.92. The Labute approximate surface area is 90.5 Å². The molecule has 1 N–H and O–H groups in total. The van der Waals surface area contributed by atoms with E-state index in [9.17, 15) is 0 Å². The maximum absolute atomic E-state index is 8.84. The topological polar surface area (TPSA) is 29.5 Å². The molecule has 0 heterocycles. The van der Waals surface area contributed by atoms with Crippen molar-refractivity contribution in [2.45, 2.75) is 34.0 Å². The van der Waals surface area contributed by atoms with Gasteiger partial charge in [-0.2, -0.15) is 0 Å². The van der Waals surface area contributed by atoms with E-state index >= 15 is 0 Å². The third kappa shape index (κ3) is 3.56. The Balaban J connectivity index is 0.00000169. The van der Waals surface area contributed by atoms with Crippen molar-refractivity contribution in [2.24, 2.45) is 0 Å². The number of aliphatic hydroxyl groups is 1. The van der Waals surface area contributed by atoms with Crippen LogP contribution in [0.2, 0.25) is 5.02 Å². The summed E-state index contributed by atoms with van der Waals surface area (Å²) in [5.74, 6) is 0.661. The second-order valence-electron chi connectivity index (χ2n) is 3.09. The van der Waals surface area contributed by atoms with Gasteiger partial charge in [0.05, 0.1) is 17.7 Å². The minimum absolute atomic E-state index is 0. The lowest BCUT2D eigenvalue weighted by atomic mass is 10.2. The zero-order chi connectivity index (χ0) is 9.84. The lowest BCUT2D eigenvalue weighted by Gasteiger charge is -2.11. The second-order valence-corrected chi connectivity index (χ2v) is 3.50. The first-order valence-electron chi connectivity index (χ1n) is 4.19. The van der Waals surface area contributed by atoms with Gasteiger partial charge in [-0.15, -0.1) is 0 Å². The molecular formula is C11H17ClO2. The first-order valence-corrected chi connectivity index (χ1v) is 4.57. The summed E-state index contributed by atoms with van der Waals surface area (Å²) in [5, 5.41) is 9.38. The monoisotopic (exact) mass is 216 g/mol. The molecule has 0 aliphatic rings. The quantitative estimate of drug-likeness (QED) is 0.841. The molecule has 0 radical (unpaired) electrons. The lowest BCUT2D eigenvalue weighted by Crippen LogP contribution is -2.05. The summed E-state index contributed by atoms with van der Waals surface area (Å²) in [4.78, 5) is 0. The largest absolute Gasteiger partial charge is 0.489 e. The average Bonchev–Trinajstić information content (AvgIpc) is 2.08. The molecule has 80 valence electrons. The van der Waals surface area contributed by atoms with Crippen molar-refractivity contribution in [1.29, 1.82) is 0 Å². The minimum Gasteiger partial charge on any atom is -0.489 e. The van der Waals surface area contributed by atoms with Gasteiger partial charge in [0.25, 0.3) is 0 Å². The zero-order valence-corrected chi connectivity index (χ0v) is 8.51. The fraction of sp³-hybridized carbons (Fsp3) is 0.455. The van der Waals surface area contributed by atoms with E-state index in [0.717, 1.165) is 5.56 Å². The van der Waals surface area contributed by atoms with E-state index in [4.69, 9.17) is 21.4 Å². The van der Waals surface area contributed by atoms with Crippen molar-refractivity contribution in [1.82, 2.24) is 0 Å². The molecule has 2 nitrogen and oxygen atoms in total. The van der Waals surface area contributed by atoms with Gasteiger partial charge in [0.15, 0.2) is 0 Å². The normalized spacial score (nSPS) is 9.79. The van der Waals surface area contributed by atoms with Crippen LogP contribution in [0.25, 0.3) is 0 Å². The predicted octanol–water partition coefficient (Wildman–Crippen LogP) is 3.26. The van der Waals surface area contributed by atoms with Gasteiger partial charge in [0, 0.05) is 0 Å². The van der Waals surface area contributed by atoms with E-state index < -0.39 is 0 Å². The van der Waals surface area contributed by atoms with Crippen LogP contribution in [0.1, 0.15) is 26.8 Å². The van der Waals surface area contributed by atoms with Gasteiger partial charge in [-0.1, -0.05) is 25.1 Å². The molecule has 1 rings (SSSR count). The molecule has 0 atom stereocenters. The second kappa shape index (κ2) is 5.89. The van der Waals surface area contributed by atoms with Crippen molar-refractivity contribution in [2.75, 3.05) is 0 Å². The summed E-state index contributed by atoms with van der Waals surface area (Å²) in [7, 11) is 0. The Hall–Kier alpha value is -0.730. The average molecular weight is 217 g/mol. The smallest absolute Gasteiger partial charge is 0.138 e. The van der Waals surface area contributed by atoms with Crippen LogP contribution in [0.15, 0.2) is 18.2 Å². The van der Waals surface area contributed by atoms with E-state index in [2.05, 4.69) is 0 Å². The van der Waals surface area contributed by atoms with E-state index in [1.165, 1.54) is 0 Å². The van der Waals surface area contributed by atoms with E-state index in [-0.39, 0.29) is 20.1 Å². The molecular weight excluding hydrogens is 200 g/mol. The number of hydrogen-bond donors (Lipinski definition) is 1. The third-order valence-corrected chi connectivity index (χ3v) is 1.84. The Bertz CT molecular complexity index is 285. The predicted molar refractivity (Wildman–Crippen MR) is 59.9 cm³/mol. The highest BCUT2D eigenvalue weighted by Gasteiger charge is 2.03. The molecule has 0 aliphatic carbocycles. The fourth-order valence-corrected chi connectivity index (χ4v) is 1.24. The van der Waals surface area contributed by atoms with Gasteiger partial charge in [-0.3, -0.25) is 0 Å². The van der Waals surface area contributed by atoms with Crippen molar-refractivity contribution < 1.29 is 9.84 Å². The van der Waals surface area contributed by atoms with Crippen molar-refractivity contribution in [3.63, 3.8) is 0 Å². The van der Waals surface area contributed by atoms with Crippen LogP contribution in [0.5, 0.6) is 5.75 Å². The van der Waals surface area contributed by atoms with Crippen LogP contribution in [0, 0.1) is 0 Å². The molecule has 0 saturated carbocycles. The Morgan fingerprint density at radius 1 is 1.43 bits per heavy atom. The fourth-order valence-electron chi connectivity index (χ4n) is 0.992. The van der Waals surface area contributed by atoms with Crippen molar-refractivity contribution in [3.05, 3.63) is 28.8 Å². The van der Waals surface area contributed by atoms with Crippen LogP contribution in [0.3, 0.4) is 0 Å². The number of benzene rings is 1. The molecule has 1 aromatic carbocycles. The van der Waals surface area contributed by atoms with Crippen LogP contribution < -0.4 is 4.74 Å². The Morgan fingerprint density at radius 2 is 2.07 bits per heavy atom. The summed E-state index contributed by atoms with van der Waals surface area (Å²) in [6.45, 7) is 3.88. The van der Waals surface area contributed by atoms with Gasteiger partial charge >= 0.3 is 0 Å².